The van der Waals surface area contributed by atoms with Crippen LogP contribution in [-0.2, 0) is 27.5 Å². The Hall–Kier alpha value is -4.88. The zero-order chi connectivity index (χ0) is 28.2. The number of hydrogen-bond donors (Lipinski definition) is 2. The molecule has 10 heteroatoms. The molecule has 0 bridgehead atoms. The van der Waals surface area contributed by atoms with Gasteiger partial charge in [-0.2, -0.15) is 5.01 Å². The summed E-state index contributed by atoms with van der Waals surface area (Å²) in [7, 11) is 0. The molecule has 2 aliphatic heterocycles. The molecule has 0 aliphatic carbocycles. The summed E-state index contributed by atoms with van der Waals surface area (Å²) in [6, 6.07) is 21.1. The standard InChI is InChI=1S/C30H29N5O5/c1-2-15-33-20-27(36)34-25(16-28(37)38)29(39)32(18-23-13-8-12-22-11-6-7-14-24(22)23)19-26(34)35(33)30(40)31-17-21-9-4-3-5-10-21/h1,3-14,25-26H,15-20H2,(H,31,40)(H,37,38)/t25-,26-/m0/s1. The summed E-state index contributed by atoms with van der Waals surface area (Å²) >= 11 is 0. The van der Waals surface area contributed by atoms with Crippen molar-refractivity contribution in [3.05, 3.63) is 83.9 Å². The number of aliphatic carboxylic acids is 1. The maximum atomic E-state index is 13.7. The maximum Gasteiger partial charge on any atom is 0.334 e. The van der Waals surface area contributed by atoms with E-state index in [0.717, 1.165) is 21.9 Å². The minimum absolute atomic E-state index is 0.0102. The van der Waals surface area contributed by atoms with Gasteiger partial charge in [0.05, 0.1) is 26.1 Å². The predicted molar refractivity (Wildman–Crippen MR) is 147 cm³/mol. The number of nitrogens with zero attached hydrogens (tertiary/aromatic N) is 4. The summed E-state index contributed by atoms with van der Waals surface area (Å²) in [5, 5.41) is 17.3. The van der Waals surface area contributed by atoms with Gasteiger partial charge in [-0.3, -0.25) is 14.4 Å². The zero-order valence-corrected chi connectivity index (χ0v) is 21.8. The van der Waals surface area contributed by atoms with Gasteiger partial charge in [0.2, 0.25) is 11.8 Å². The van der Waals surface area contributed by atoms with Gasteiger partial charge in [0.1, 0.15) is 12.2 Å². The number of amides is 4. The third-order valence-corrected chi connectivity index (χ3v) is 7.21. The number of benzene rings is 3. The van der Waals surface area contributed by atoms with Gasteiger partial charge in [-0.1, -0.05) is 78.7 Å². The molecule has 0 radical (unpaired) electrons. The first-order chi connectivity index (χ1) is 19.4. The molecule has 2 aliphatic rings. The summed E-state index contributed by atoms with van der Waals surface area (Å²) in [4.78, 5) is 55.3. The third-order valence-electron chi connectivity index (χ3n) is 7.21. The molecule has 2 saturated heterocycles. The number of rotatable bonds is 7. The van der Waals surface area contributed by atoms with E-state index in [1.807, 2.05) is 72.8 Å². The molecule has 0 aromatic heterocycles. The van der Waals surface area contributed by atoms with Crippen LogP contribution in [0.25, 0.3) is 10.8 Å². The van der Waals surface area contributed by atoms with Crippen molar-refractivity contribution in [3.8, 4) is 12.3 Å². The van der Waals surface area contributed by atoms with Gasteiger partial charge in [-0.15, -0.1) is 6.42 Å². The Morgan fingerprint density at radius 3 is 2.48 bits per heavy atom. The quantitative estimate of drug-likeness (QED) is 0.446. The number of urea groups is 1. The summed E-state index contributed by atoms with van der Waals surface area (Å²) in [6.45, 7) is 0.132. The lowest BCUT2D eigenvalue weighted by molar-refractivity contribution is -0.190. The van der Waals surface area contributed by atoms with E-state index >= 15 is 0 Å². The van der Waals surface area contributed by atoms with Crippen molar-refractivity contribution in [2.45, 2.75) is 31.7 Å². The molecule has 3 aromatic carbocycles. The van der Waals surface area contributed by atoms with Gasteiger partial charge in [-0.25, -0.2) is 9.80 Å². The summed E-state index contributed by atoms with van der Waals surface area (Å²) in [5.41, 5.74) is 1.75. The van der Waals surface area contributed by atoms with E-state index in [-0.39, 0.29) is 32.7 Å². The molecule has 2 atom stereocenters. The number of carboxylic acids is 1. The fourth-order valence-electron chi connectivity index (χ4n) is 5.44. The minimum Gasteiger partial charge on any atom is -0.481 e. The highest BCUT2D eigenvalue weighted by atomic mass is 16.4. The lowest BCUT2D eigenvalue weighted by Crippen LogP contribution is -2.76. The lowest BCUT2D eigenvalue weighted by atomic mass is 10.0. The van der Waals surface area contributed by atoms with Crippen LogP contribution < -0.4 is 5.32 Å². The predicted octanol–water partition coefficient (Wildman–Crippen LogP) is 2.26. The number of nitrogens with one attached hydrogen (secondary N) is 1. The van der Waals surface area contributed by atoms with Gasteiger partial charge in [0.15, 0.2) is 0 Å². The second kappa shape index (κ2) is 11.5. The Morgan fingerprint density at radius 2 is 1.73 bits per heavy atom. The fraction of sp³-hybridized carbons (Fsp3) is 0.267. The average molecular weight is 540 g/mol. The Bertz CT molecular complexity index is 1480. The van der Waals surface area contributed by atoms with Crippen LogP contribution in [0.1, 0.15) is 17.5 Å². The van der Waals surface area contributed by atoms with E-state index in [1.54, 1.807) is 0 Å². The van der Waals surface area contributed by atoms with Crippen LogP contribution in [0.2, 0.25) is 0 Å². The van der Waals surface area contributed by atoms with E-state index in [2.05, 4.69) is 11.2 Å². The van der Waals surface area contributed by atoms with Crippen molar-refractivity contribution in [1.29, 1.82) is 0 Å². The molecule has 0 saturated carbocycles. The first-order valence-electron chi connectivity index (χ1n) is 12.9. The van der Waals surface area contributed by atoms with Gasteiger partial charge >= 0.3 is 12.0 Å². The third kappa shape index (κ3) is 5.32. The number of fused-ring (bicyclic) bond motifs is 2. The van der Waals surface area contributed by atoms with Crippen molar-refractivity contribution in [2.75, 3.05) is 19.6 Å². The maximum absolute atomic E-state index is 13.7. The van der Waals surface area contributed by atoms with Crippen molar-refractivity contribution < 1.29 is 24.3 Å². The molecule has 3 aromatic rings. The monoisotopic (exact) mass is 539 g/mol. The fourth-order valence-corrected chi connectivity index (χ4v) is 5.44. The largest absolute Gasteiger partial charge is 0.481 e. The topological polar surface area (TPSA) is 114 Å². The molecule has 0 unspecified atom stereocenters. The van der Waals surface area contributed by atoms with Crippen molar-refractivity contribution in [2.24, 2.45) is 0 Å². The lowest BCUT2D eigenvalue weighted by Gasteiger charge is -2.54. The number of hydrogen-bond acceptors (Lipinski definition) is 5. The Kier molecular flexibility index (Phi) is 7.66. The normalized spacial score (nSPS) is 19.3. The van der Waals surface area contributed by atoms with E-state index in [1.165, 1.54) is 19.8 Å². The van der Waals surface area contributed by atoms with Crippen LogP contribution in [0.15, 0.2) is 72.8 Å². The second-order valence-electron chi connectivity index (χ2n) is 9.77. The summed E-state index contributed by atoms with van der Waals surface area (Å²) in [5.74, 6) is 0.337. The molecule has 4 amide bonds. The molecule has 2 heterocycles. The zero-order valence-electron chi connectivity index (χ0n) is 21.8. The van der Waals surface area contributed by atoms with E-state index in [9.17, 15) is 24.3 Å². The minimum atomic E-state index is -1.27. The average Bonchev–Trinajstić information content (AvgIpc) is 2.94. The highest BCUT2D eigenvalue weighted by molar-refractivity contribution is 5.94. The molecule has 40 heavy (non-hydrogen) atoms. The molecule has 10 nitrogen and oxygen atoms in total. The number of carboxylic acid groups (broad SMARTS) is 1. The molecule has 5 rings (SSSR count). The summed E-state index contributed by atoms with van der Waals surface area (Å²) in [6.07, 6.45) is 4.06. The van der Waals surface area contributed by atoms with E-state index in [4.69, 9.17) is 6.42 Å². The van der Waals surface area contributed by atoms with Gasteiger partial charge in [0.25, 0.3) is 0 Å². The molecule has 2 N–H and O–H groups in total. The van der Waals surface area contributed by atoms with Gasteiger partial charge < -0.3 is 20.2 Å². The number of piperazine rings is 1. The highest BCUT2D eigenvalue weighted by Gasteiger charge is 2.51. The molecule has 0 spiro atoms. The summed E-state index contributed by atoms with van der Waals surface area (Å²) < 4.78 is 0. The van der Waals surface area contributed by atoms with Crippen molar-refractivity contribution in [3.63, 3.8) is 0 Å². The van der Waals surface area contributed by atoms with Crippen LogP contribution in [0.5, 0.6) is 0 Å². The Labute approximate surface area is 231 Å². The van der Waals surface area contributed by atoms with Crippen LogP contribution >= 0.6 is 0 Å². The van der Waals surface area contributed by atoms with Crippen molar-refractivity contribution >= 4 is 34.6 Å². The van der Waals surface area contributed by atoms with Crippen LogP contribution in [0.4, 0.5) is 4.79 Å². The Morgan fingerprint density at radius 1 is 1.00 bits per heavy atom. The van der Waals surface area contributed by atoms with E-state index < -0.39 is 42.4 Å². The van der Waals surface area contributed by atoms with E-state index in [0.29, 0.717) is 0 Å². The first-order valence-corrected chi connectivity index (χ1v) is 12.9. The number of terminal acetylenes is 1. The number of carbonyl (C=O) groups is 4. The van der Waals surface area contributed by atoms with Gasteiger partial charge in [-0.05, 0) is 21.9 Å². The smallest absolute Gasteiger partial charge is 0.334 e. The van der Waals surface area contributed by atoms with Crippen LogP contribution in [0.3, 0.4) is 0 Å². The number of carbonyl (C=O) groups excluding carboxylic acids is 3. The SMILES string of the molecule is C#CCN1CC(=O)N2[C@@H](CC(=O)O)C(=O)N(Cc3cccc4ccccc34)C[C@@H]2N1C(=O)NCc1ccccc1. The molecule has 204 valence electrons. The van der Waals surface area contributed by atoms with Crippen LogP contribution in [-0.4, -0.2) is 80.6 Å². The van der Waals surface area contributed by atoms with Crippen molar-refractivity contribution in [1.82, 2.24) is 25.1 Å². The molecular weight excluding hydrogens is 510 g/mol. The van der Waals surface area contributed by atoms with Gasteiger partial charge in [0, 0.05) is 13.1 Å². The second-order valence-corrected chi connectivity index (χ2v) is 9.77. The molecular formula is C30H29N5O5. The van der Waals surface area contributed by atoms with Crippen LogP contribution in [0, 0.1) is 12.3 Å². The Balaban J connectivity index is 1.49. The highest BCUT2D eigenvalue weighted by Crippen LogP contribution is 2.30. The molecule has 2 fully saturated rings. The first kappa shape index (κ1) is 26.7. The number of hydrazine groups is 1.